The van der Waals surface area contributed by atoms with Gasteiger partial charge >= 0.3 is 5.97 Å². The van der Waals surface area contributed by atoms with Crippen molar-refractivity contribution in [1.82, 2.24) is 15.7 Å². The zero-order valence-electron chi connectivity index (χ0n) is 27.9. The average molecular weight is 654 g/mol. The van der Waals surface area contributed by atoms with E-state index in [1.54, 1.807) is 5.48 Å². The molecule has 2 amide bonds. The third-order valence-corrected chi connectivity index (χ3v) is 8.52. The second-order valence-electron chi connectivity index (χ2n) is 13.5. The summed E-state index contributed by atoms with van der Waals surface area (Å²) in [5, 5.41) is 21.0. The first-order chi connectivity index (χ1) is 22.5. The highest BCUT2D eigenvalue weighted by molar-refractivity contribution is 5.76. The Balaban J connectivity index is 1.35. The van der Waals surface area contributed by atoms with Gasteiger partial charge in [0.25, 0.3) is 0 Å². The van der Waals surface area contributed by atoms with Crippen molar-refractivity contribution in [2.45, 2.75) is 122 Å². The number of esters is 1. The third-order valence-electron chi connectivity index (χ3n) is 8.52. The SMILES string of the molecule is CC(C)(C)OC(=O)[C@@H]1CCCN1C[C@H]1C[C@@H](c2ccc(CO)cc2)O[C@@H](c2ccc(CNC(=O)CCCCCCC(=O)NO)cc2)O1. The van der Waals surface area contributed by atoms with Crippen molar-refractivity contribution in [2.24, 2.45) is 0 Å². The van der Waals surface area contributed by atoms with Gasteiger partial charge in [-0.25, -0.2) is 5.48 Å². The number of hydrogen-bond donors (Lipinski definition) is 4. The number of hydrogen-bond acceptors (Lipinski definition) is 9. The molecule has 0 bridgehead atoms. The Morgan fingerprint density at radius 3 is 2.17 bits per heavy atom. The fraction of sp³-hybridized carbons (Fsp3) is 0.583. The number of nitrogens with zero attached hydrogens (tertiary/aromatic N) is 1. The van der Waals surface area contributed by atoms with E-state index in [1.165, 1.54) is 0 Å². The molecule has 2 aliphatic heterocycles. The zero-order valence-corrected chi connectivity index (χ0v) is 27.9. The fourth-order valence-corrected chi connectivity index (χ4v) is 6.04. The molecule has 2 heterocycles. The van der Waals surface area contributed by atoms with Crippen molar-refractivity contribution in [3.8, 4) is 0 Å². The van der Waals surface area contributed by atoms with Crippen LogP contribution in [-0.4, -0.2) is 63.8 Å². The van der Waals surface area contributed by atoms with Crippen LogP contribution >= 0.6 is 0 Å². The quantitative estimate of drug-likeness (QED) is 0.0904. The summed E-state index contributed by atoms with van der Waals surface area (Å²) in [6.07, 6.45) is 5.04. The van der Waals surface area contributed by atoms with E-state index in [4.69, 9.17) is 19.4 Å². The second-order valence-corrected chi connectivity index (χ2v) is 13.5. The van der Waals surface area contributed by atoms with Gasteiger partial charge in [0.05, 0.1) is 18.8 Å². The molecule has 0 aromatic heterocycles. The van der Waals surface area contributed by atoms with Crippen LogP contribution in [0.4, 0.5) is 0 Å². The van der Waals surface area contributed by atoms with E-state index in [0.717, 1.165) is 60.9 Å². The molecule has 11 heteroatoms. The monoisotopic (exact) mass is 653 g/mol. The molecule has 4 rings (SSSR count). The molecule has 4 N–H and O–H groups in total. The van der Waals surface area contributed by atoms with Gasteiger partial charge in [-0.1, -0.05) is 61.4 Å². The minimum atomic E-state index is -0.619. The van der Waals surface area contributed by atoms with E-state index in [2.05, 4.69) is 10.2 Å². The summed E-state index contributed by atoms with van der Waals surface area (Å²) in [5.41, 5.74) is 4.73. The van der Waals surface area contributed by atoms with E-state index in [-0.39, 0.29) is 49.1 Å². The molecule has 4 atom stereocenters. The van der Waals surface area contributed by atoms with Crippen molar-refractivity contribution >= 4 is 17.8 Å². The highest BCUT2D eigenvalue weighted by Gasteiger charge is 2.38. The van der Waals surface area contributed by atoms with Gasteiger partial charge in [0.15, 0.2) is 6.29 Å². The standard InChI is InChI=1S/C36H51N3O8/c1-36(2,3)47-34(43)30-9-8-20-39(30)23-29-21-31(27-16-14-26(24-40)15-17-27)46-35(45-29)28-18-12-25(13-19-28)22-37-32(41)10-6-4-5-7-11-33(42)38-44/h12-19,29-31,35,40,44H,4-11,20-24H2,1-3H3,(H,37,41)(H,38,42)/t29-,30+,31+,35+/m1/s1. The first-order valence-electron chi connectivity index (χ1n) is 16.8. The van der Waals surface area contributed by atoms with Crippen molar-refractivity contribution < 1.29 is 38.9 Å². The van der Waals surface area contributed by atoms with Gasteiger partial charge in [0, 0.05) is 37.9 Å². The smallest absolute Gasteiger partial charge is 0.323 e. The molecular formula is C36H51N3O8. The molecule has 2 aliphatic rings. The van der Waals surface area contributed by atoms with Gasteiger partial charge < -0.3 is 24.6 Å². The van der Waals surface area contributed by atoms with E-state index in [0.29, 0.717) is 32.4 Å². The molecule has 2 fully saturated rings. The summed E-state index contributed by atoms with van der Waals surface area (Å²) in [7, 11) is 0. The van der Waals surface area contributed by atoms with Gasteiger partial charge in [0.2, 0.25) is 11.8 Å². The molecular weight excluding hydrogens is 602 g/mol. The normalized spacial score (nSPS) is 21.7. The van der Waals surface area contributed by atoms with Gasteiger partial charge in [0.1, 0.15) is 11.6 Å². The number of carbonyl (C=O) groups is 3. The lowest BCUT2D eigenvalue weighted by molar-refractivity contribution is -0.253. The zero-order chi connectivity index (χ0) is 33.8. The Morgan fingerprint density at radius 1 is 0.894 bits per heavy atom. The summed E-state index contributed by atoms with van der Waals surface area (Å²) in [6, 6.07) is 15.3. The summed E-state index contributed by atoms with van der Waals surface area (Å²) in [4.78, 5) is 38.6. The maximum absolute atomic E-state index is 13.0. The van der Waals surface area contributed by atoms with Crippen LogP contribution < -0.4 is 10.8 Å². The molecule has 2 saturated heterocycles. The highest BCUT2D eigenvalue weighted by atomic mass is 16.7. The third kappa shape index (κ3) is 11.7. The first-order valence-corrected chi connectivity index (χ1v) is 16.8. The van der Waals surface area contributed by atoms with Crippen LogP contribution in [0.5, 0.6) is 0 Å². The number of ether oxygens (including phenoxy) is 3. The predicted molar refractivity (Wildman–Crippen MR) is 175 cm³/mol. The Bertz CT molecular complexity index is 1290. The maximum atomic E-state index is 13.0. The van der Waals surface area contributed by atoms with Gasteiger partial charge in [-0.3, -0.25) is 24.5 Å². The lowest BCUT2D eigenvalue weighted by Crippen LogP contribution is -2.45. The largest absolute Gasteiger partial charge is 0.459 e. The summed E-state index contributed by atoms with van der Waals surface area (Å²) >= 11 is 0. The van der Waals surface area contributed by atoms with Gasteiger partial charge in [-0.15, -0.1) is 0 Å². The Morgan fingerprint density at radius 2 is 1.53 bits per heavy atom. The van der Waals surface area contributed by atoms with Crippen molar-refractivity contribution in [1.29, 1.82) is 0 Å². The van der Waals surface area contributed by atoms with Crippen LogP contribution in [0.25, 0.3) is 0 Å². The van der Waals surface area contributed by atoms with Crippen molar-refractivity contribution in [3.63, 3.8) is 0 Å². The molecule has 2 aromatic carbocycles. The molecule has 0 unspecified atom stereocenters. The van der Waals surface area contributed by atoms with E-state index < -0.39 is 11.9 Å². The average Bonchev–Trinajstić information content (AvgIpc) is 3.53. The molecule has 0 radical (unpaired) electrons. The van der Waals surface area contributed by atoms with Crippen LogP contribution in [0.1, 0.15) is 113 Å². The molecule has 0 aliphatic carbocycles. The fourth-order valence-electron chi connectivity index (χ4n) is 6.04. The number of hydroxylamine groups is 1. The predicted octanol–water partition coefficient (Wildman–Crippen LogP) is 4.99. The molecule has 47 heavy (non-hydrogen) atoms. The van der Waals surface area contributed by atoms with E-state index in [1.807, 2.05) is 69.3 Å². The topological polar surface area (TPSA) is 147 Å². The summed E-state index contributed by atoms with van der Waals surface area (Å²) in [5.74, 6) is -0.605. The number of nitrogens with one attached hydrogen (secondary N) is 2. The van der Waals surface area contributed by atoms with Crippen LogP contribution in [-0.2, 0) is 41.7 Å². The number of benzene rings is 2. The Labute approximate surface area is 277 Å². The van der Waals surface area contributed by atoms with E-state index >= 15 is 0 Å². The lowest BCUT2D eigenvalue weighted by atomic mass is 9.99. The lowest BCUT2D eigenvalue weighted by Gasteiger charge is -2.38. The molecule has 0 spiro atoms. The van der Waals surface area contributed by atoms with Crippen molar-refractivity contribution in [3.05, 3.63) is 70.8 Å². The minimum Gasteiger partial charge on any atom is -0.459 e. The number of aliphatic hydroxyl groups is 1. The van der Waals surface area contributed by atoms with Gasteiger partial charge in [-0.2, -0.15) is 0 Å². The number of amides is 2. The van der Waals surface area contributed by atoms with Crippen LogP contribution in [0.3, 0.4) is 0 Å². The molecule has 0 saturated carbocycles. The number of aliphatic hydroxyl groups excluding tert-OH is 1. The Kier molecular flexibility index (Phi) is 13.7. The van der Waals surface area contributed by atoms with Crippen LogP contribution in [0.2, 0.25) is 0 Å². The minimum absolute atomic E-state index is 0.0226. The number of unbranched alkanes of at least 4 members (excludes halogenated alkanes) is 3. The summed E-state index contributed by atoms with van der Waals surface area (Å²) in [6.45, 7) is 7.42. The van der Waals surface area contributed by atoms with E-state index in [9.17, 15) is 19.5 Å². The van der Waals surface area contributed by atoms with Crippen molar-refractivity contribution in [2.75, 3.05) is 13.1 Å². The maximum Gasteiger partial charge on any atom is 0.323 e. The molecule has 11 nitrogen and oxygen atoms in total. The van der Waals surface area contributed by atoms with Gasteiger partial charge in [-0.05, 0) is 69.7 Å². The second kappa shape index (κ2) is 17.7. The first kappa shape index (κ1) is 36.5. The molecule has 258 valence electrons. The molecule has 2 aromatic rings. The van der Waals surface area contributed by atoms with Crippen LogP contribution in [0, 0.1) is 0 Å². The Hall–Kier alpha value is -3.35. The number of likely N-dealkylation sites (tertiary alicyclic amines) is 1. The number of rotatable bonds is 15. The number of carbonyl (C=O) groups excluding carboxylic acids is 3. The summed E-state index contributed by atoms with van der Waals surface area (Å²) < 4.78 is 18.7. The highest BCUT2D eigenvalue weighted by Crippen LogP contribution is 2.39. The van der Waals surface area contributed by atoms with Crippen LogP contribution in [0.15, 0.2) is 48.5 Å².